The van der Waals surface area contributed by atoms with Crippen molar-refractivity contribution in [3.05, 3.63) is 53.3 Å². The molecule has 1 amide bonds. The van der Waals surface area contributed by atoms with Crippen LogP contribution in [-0.2, 0) is 6.54 Å². The minimum atomic E-state index is -0.395. The zero-order chi connectivity index (χ0) is 11.5. The van der Waals surface area contributed by atoms with E-state index in [0.717, 1.165) is 11.1 Å². The third-order valence-electron chi connectivity index (χ3n) is 2.52. The second-order valence-corrected chi connectivity index (χ2v) is 3.71. The predicted molar refractivity (Wildman–Crippen MR) is 61.0 cm³/mol. The molecule has 0 aliphatic heterocycles. The van der Waals surface area contributed by atoms with E-state index in [9.17, 15) is 4.79 Å². The predicted octanol–water partition coefficient (Wildman–Crippen LogP) is 1.34. The van der Waals surface area contributed by atoms with Crippen LogP contribution in [0.25, 0.3) is 0 Å². The van der Waals surface area contributed by atoms with Crippen molar-refractivity contribution >= 4 is 5.91 Å². The minimum absolute atomic E-state index is 0.395. The number of amides is 1. The van der Waals surface area contributed by atoms with Crippen LogP contribution < -0.4 is 5.73 Å². The zero-order valence-electron chi connectivity index (χ0n) is 9.05. The number of aromatic nitrogens is 2. The van der Waals surface area contributed by atoms with Gasteiger partial charge < -0.3 is 5.73 Å². The van der Waals surface area contributed by atoms with Crippen molar-refractivity contribution in [2.24, 2.45) is 5.73 Å². The van der Waals surface area contributed by atoms with Gasteiger partial charge >= 0.3 is 0 Å². The highest BCUT2D eigenvalue weighted by molar-refractivity contribution is 5.93. The topological polar surface area (TPSA) is 60.9 Å². The molecular weight excluding hydrogens is 202 g/mol. The molecule has 0 bridgehead atoms. The lowest BCUT2D eigenvalue weighted by Crippen LogP contribution is -2.11. The smallest absolute Gasteiger partial charge is 0.248 e. The Morgan fingerprint density at radius 2 is 2.31 bits per heavy atom. The van der Waals surface area contributed by atoms with Crippen LogP contribution in [0.2, 0.25) is 0 Å². The van der Waals surface area contributed by atoms with Gasteiger partial charge in [-0.15, -0.1) is 0 Å². The molecule has 0 fully saturated rings. The van der Waals surface area contributed by atoms with Crippen LogP contribution in [0.15, 0.2) is 36.7 Å². The lowest BCUT2D eigenvalue weighted by Gasteiger charge is -2.07. The maximum absolute atomic E-state index is 11.0. The van der Waals surface area contributed by atoms with Gasteiger partial charge in [0.25, 0.3) is 0 Å². The van der Waals surface area contributed by atoms with Gasteiger partial charge in [0, 0.05) is 18.0 Å². The third-order valence-corrected chi connectivity index (χ3v) is 2.52. The second kappa shape index (κ2) is 4.18. The molecule has 1 aromatic heterocycles. The van der Waals surface area contributed by atoms with Gasteiger partial charge in [0.2, 0.25) is 5.91 Å². The average molecular weight is 215 g/mol. The van der Waals surface area contributed by atoms with Crippen LogP contribution in [0, 0.1) is 6.92 Å². The number of primary amides is 1. The first-order chi connectivity index (χ1) is 7.66. The molecule has 82 valence electrons. The number of nitrogens with zero attached hydrogens (tertiary/aromatic N) is 2. The summed E-state index contributed by atoms with van der Waals surface area (Å²) in [5.74, 6) is -0.395. The van der Waals surface area contributed by atoms with E-state index in [1.807, 2.05) is 29.9 Å². The summed E-state index contributed by atoms with van der Waals surface area (Å²) in [4.78, 5) is 11.0. The number of aryl methyl sites for hydroxylation is 1. The Kier molecular flexibility index (Phi) is 2.72. The average Bonchev–Trinajstić information content (AvgIpc) is 2.73. The number of hydrogen-bond acceptors (Lipinski definition) is 2. The van der Waals surface area contributed by atoms with Crippen molar-refractivity contribution in [2.75, 3.05) is 0 Å². The fourth-order valence-electron chi connectivity index (χ4n) is 1.60. The van der Waals surface area contributed by atoms with Gasteiger partial charge in [0.05, 0.1) is 6.54 Å². The van der Waals surface area contributed by atoms with E-state index in [1.165, 1.54) is 0 Å². The molecule has 0 aliphatic carbocycles. The van der Waals surface area contributed by atoms with Crippen molar-refractivity contribution in [2.45, 2.75) is 13.5 Å². The summed E-state index contributed by atoms with van der Waals surface area (Å²) in [6.07, 6.45) is 3.65. The Balaban J connectivity index is 2.26. The molecule has 0 aliphatic rings. The molecule has 0 atom stereocenters. The van der Waals surface area contributed by atoms with Gasteiger partial charge in [-0.2, -0.15) is 5.10 Å². The zero-order valence-corrected chi connectivity index (χ0v) is 9.05. The highest BCUT2D eigenvalue weighted by Crippen LogP contribution is 2.12. The molecule has 4 nitrogen and oxygen atoms in total. The molecule has 16 heavy (non-hydrogen) atoms. The molecule has 0 radical (unpaired) electrons. The third kappa shape index (κ3) is 2.11. The molecule has 0 saturated heterocycles. The van der Waals surface area contributed by atoms with E-state index in [1.54, 1.807) is 18.3 Å². The summed E-state index contributed by atoms with van der Waals surface area (Å²) in [6, 6.07) is 7.35. The minimum Gasteiger partial charge on any atom is -0.366 e. The summed E-state index contributed by atoms with van der Waals surface area (Å²) in [6.45, 7) is 2.67. The molecule has 2 aromatic rings. The Bertz CT molecular complexity index is 503. The van der Waals surface area contributed by atoms with Gasteiger partial charge in [-0.3, -0.25) is 9.48 Å². The molecule has 0 spiro atoms. The van der Waals surface area contributed by atoms with Gasteiger partial charge in [-0.05, 0) is 36.2 Å². The molecule has 1 heterocycles. The largest absolute Gasteiger partial charge is 0.366 e. The quantitative estimate of drug-likeness (QED) is 0.839. The summed E-state index contributed by atoms with van der Waals surface area (Å²) in [5.41, 5.74) is 7.94. The fraction of sp³-hybridized carbons (Fsp3) is 0.167. The highest BCUT2D eigenvalue weighted by atomic mass is 16.1. The number of hydrogen-bond donors (Lipinski definition) is 1. The van der Waals surface area contributed by atoms with E-state index in [2.05, 4.69) is 5.10 Å². The summed E-state index contributed by atoms with van der Waals surface area (Å²) in [7, 11) is 0. The van der Waals surface area contributed by atoms with Gasteiger partial charge in [-0.25, -0.2) is 0 Å². The second-order valence-electron chi connectivity index (χ2n) is 3.71. The van der Waals surface area contributed by atoms with Gasteiger partial charge in [0.1, 0.15) is 0 Å². The van der Waals surface area contributed by atoms with Crippen LogP contribution in [0.5, 0.6) is 0 Å². The van der Waals surface area contributed by atoms with Crippen molar-refractivity contribution in [1.82, 2.24) is 9.78 Å². The van der Waals surface area contributed by atoms with Crippen LogP contribution in [0.3, 0.4) is 0 Å². The number of nitrogens with two attached hydrogens (primary N) is 1. The van der Waals surface area contributed by atoms with Crippen molar-refractivity contribution in [1.29, 1.82) is 0 Å². The molecule has 4 heteroatoms. The molecule has 0 saturated carbocycles. The Hall–Kier alpha value is -2.10. The van der Waals surface area contributed by atoms with E-state index < -0.39 is 5.91 Å². The fourth-order valence-corrected chi connectivity index (χ4v) is 1.60. The van der Waals surface area contributed by atoms with Gasteiger partial charge in [0.15, 0.2) is 0 Å². The normalized spacial score (nSPS) is 10.3. The highest BCUT2D eigenvalue weighted by Gasteiger charge is 2.04. The number of carbonyl (C=O) groups is 1. The van der Waals surface area contributed by atoms with Crippen LogP contribution in [0.4, 0.5) is 0 Å². The molecule has 1 aromatic carbocycles. The Labute approximate surface area is 93.7 Å². The maximum atomic E-state index is 11.0. The monoisotopic (exact) mass is 215 g/mol. The van der Waals surface area contributed by atoms with Gasteiger partial charge in [-0.1, -0.05) is 6.07 Å². The lowest BCUT2D eigenvalue weighted by molar-refractivity contribution is 0.1000. The van der Waals surface area contributed by atoms with E-state index in [-0.39, 0.29) is 0 Å². The lowest BCUT2D eigenvalue weighted by atomic mass is 10.0. The van der Waals surface area contributed by atoms with Crippen LogP contribution in [-0.4, -0.2) is 15.7 Å². The molecule has 2 N–H and O–H groups in total. The standard InChI is InChI=1S/C12H13N3O/c1-9-7-10(12(13)16)3-4-11(9)8-15-6-2-5-14-15/h2-7H,8H2,1H3,(H2,13,16). The van der Waals surface area contributed by atoms with E-state index in [0.29, 0.717) is 12.1 Å². The summed E-state index contributed by atoms with van der Waals surface area (Å²) in [5, 5.41) is 4.14. The Morgan fingerprint density at radius 3 is 2.88 bits per heavy atom. The van der Waals surface area contributed by atoms with E-state index >= 15 is 0 Å². The SMILES string of the molecule is Cc1cc(C(N)=O)ccc1Cn1cccn1. The number of benzene rings is 1. The molecule has 2 rings (SSSR count). The number of rotatable bonds is 3. The van der Waals surface area contributed by atoms with Crippen molar-refractivity contribution < 1.29 is 4.79 Å². The van der Waals surface area contributed by atoms with Crippen molar-refractivity contribution in [3.8, 4) is 0 Å². The van der Waals surface area contributed by atoms with E-state index in [4.69, 9.17) is 5.73 Å². The summed E-state index contributed by atoms with van der Waals surface area (Å²) >= 11 is 0. The Morgan fingerprint density at radius 1 is 1.50 bits per heavy atom. The first-order valence-corrected chi connectivity index (χ1v) is 5.03. The van der Waals surface area contributed by atoms with Crippen molar-refractivity contribution in [3.63, 3.8) is 0 Å². The molecular formula is C12H13N3O. The number of carbonyl (C=O) groups excluding carboxylic acids is 1. The first kappa shape index (κ1) is 10.4. The molecule has 0 unspecified atom stereocenters. The summed E-state index contributed by atoms with van der Waals surface area (Å²) < 4.78 is 1.84. The van der Waals surface area contributed by atoms with Crippen LogP contribution >= 0.6 is 0 Å². The van der Waals surface area contributed by atoms with Crippen LogP contribution in [0.1, 0.15) is 21.5 Å². The maximum Gasteiger partial charge on any atom is 0.248 e. The first-order valence-electron chi connectivity index (χ1n) is 5.03.